The highest BCUT2D eigenvalue weighted by Gasteiger charge is 2.20. The number of carbonyl (C=O) groups is 1. The van der Waals surface area contributed by atoms with Crippen molar-refractivity contribution in [2.45, 2.75) is 13.8 Å². The Morgan fingerprint density at radius 2 is 1.85 bits per heavy atom. The second-order valence-electron chi connectivity index (χ2n) is 6.54. The van der Waals surface area contributed by atoms with Crippen molar-refractivity contribution in [2.75, 3.05) is 26.2 Å². The minimum Gasteiger partial charge on any atom is -0.351 e. The molecule has 26 heavy (non-hydrogen) atoms. The molecule has 6 nitrogen and oxygen atoms in total. The maximum absolute atomic E-state index is 12.9. The summed E-state index contributed by atoms with van der Waals surface area (Å²) in [6.07, 6.45) is 1.64. The van der Waals surface area contributed by atoms with Gasteiger partial charge in [-0.1, -0.05) is 32.0 Å². The molecule has 6 heteroatoms. The molecular formula is C20H26N4O2. The number of hydrogen-bond acceptors (Lipinski definition) is 3. The molecule has 2 heterocycles. The van der Waals surface area contributed by atoms with E-state index >= 15 is 0 Å². The van der Waals surface area contributed by atoms with E-state index in [2.05, 4.69) is 24.1 Å². The number of likely N-dealkylation sites (N-methyl/N-ethyl adjacent to an activating group) is 1. The van der Waals surface area contributed by atoms with Gasteiger partial charge in [-0.2, -0.15) is 0 Å². The van der Waals surface area contributed by atoms with Crippen molar-refractivity contribution in [3.8, 4) is 0 Å². The van der Waals surface area contributed by atoms with Crippen LogP contribution in [0.25, 0.3) is 21.8 Å². The molecule has 3 aromatic rings. The van der Waals surface area contributed by atoms with Gasteiger partial charge in [-0.3, -0.25) is 9.59 Å². The molecule has 0 unspecified atom stereocenters. The number of benzene rings is 1. The molecule has 0 spiro atoms. The van der Waals surface area contributed by atoms with Crippen LogP contribution in [0.4, 0.5) is 0 Å². The Bertz CT molecular complexity index is 1010. The fourth-order valence-corrected chi connectivity index (χ4v) is 3.53. The Morgan fingerprint density at radius 1 is 1.15 bits per heavy atom. The average molecular weight is 354 g/mol. The molecule has 0 atom stereocenters. The van der Waals surface area contributed by atoms with Crippen LogP contribution in [0.3, 0.4) is 0 Å². The Kier molecular flexibility index (Phi) is 5.13. The van der Waals surface area contributed by atoms with Crippen LogP contribution in [0, 0.1) is 0 Å². The number of fused-ring (bicyclic) bond motifs is 3. The van der Waals surface area contributed by atoms with E-state index in [1.54, 1.807) is 13.2 Å². The molecule has 0 saturated carbocycles. The van der Waals surface area contributed by atoms with Crippen LogP contribution in [0.5, 0.6) is 0 Å². The summed E-state index contributed by atoms with van der Waals surface area (Å²) < 4.78 is 3.36. The fraction of sp³-hybridized carbons (Fsp3) is 0.400. The van der Waals surface area contributed by atoms with Crippen LogP contribution in [0.15, 0.2) is 35.3 Å². The summed E-state index contributed by atoms with van der Waals surface area (Å²) in [7, 11) is 3.56. The Hall–Kier alpha value is -2.60. The van der Waals surface area contributed by atoms with Crippen molar-refractivity contribution < 1.29 is 4.79 Å². The predicted octanol–water partition coefficient (Wildman–Crippen LogP) is 2.10. The lowest BCUT2D eigenvalue weighted by Crippen LogP contribution is -2.35. The van der Waals surface area contributed by atoms with Crippen LogP contribution in [-0.2, 0) is 14.1 Å². The molecule has 0 aliphatic heterocycles. The van der Waals surface area contributed by atoms with E-state index < -0.39 is 0 Å². The maximum Gasteiger partial charge on any atom is 0.274 e. The first-order valence-corrected chi connectivity index (χ1v) is 9.06. The van der Waals surface area contributed by atoms with Crippen molar-refractivity contribution in [2.24, 2.45) is 14.1 Å². The molecule has 0 aliphatic carbocycles. The highest BCUT2D eigenvalue weighted by atomic mass is 16.2. The first-order valence-electron chi connectivity index (χ1n) is 9.06. The topological polar surface area (TPSA) is 59.3 Å². The zero-order chi connectivity index (χ0) is 18.8. The second-order valence-corrected chi connectivity index (χ2v) is 6.54. The summed E-state index contributed by atoms with van der Waals surface area (Å²) in [6.45, 7) is 7.52. The van der Waals surface area contributed by atoms with Crippen molar-refractivity contribution in [1.29, 1.82) is 0 Å². The minimum absolute atomic E-state index is 0.0987. The summed E-state index contributed by atoms with van der Waals surface area (Å²) in [5.41, 5.74) is 1.95. The van der Waals surface area contributed by atoms with Gasteiger partial charge in [-0.15, -0.1) is 0 Å². The summed E-state index contributed by atoms with van der Waals surface area (Å²) in [5.74, 6) is -0.144. The van der Waals surface area contributed by atoms with E-state index in [-0.39, 0.29) is 11.5 Å². The summed E-state index contributed by atoms with van der Waals surface area (Å²) in [4.78, 5) is 27.8. The van der Waals surface area contributed by atoms with Gasteiger partial charge in [0.1, 0.15) is 5.52 Å². The molecule has 0 fully saturated rings. The number of aromatic nitrogens is 2. The van der Waals surface area contributed by atoms with E-state index in [4.69, 9.17) is 0 Å². The number of hydrogen-bond donors (Lipinski definition) is 1. The summed E-state index contributed by atoms with van der Waals surface area (Å²) in [5, 5.41) is 4.66. The lowest BCUT2D eigenvalue weighted by molar-refractivity contribution is 0.0950. The zero-order valence-corrected chi connectivity index (χ0v) is 15.9. The number of rotatable bonds is 6. The third kappa shape index (κ3) is 3.01. The molecule has 1 aromatic carbocycles. The molecule has 3 rings (SSSR count). The number of nitrogens with zero attached hydrogens (tertiary/aromatic N) is 3. The zero-order valence-electron chi connectivity index (χ0n) is 15.9. The van der Waals surface area contributed by atoms with Crippen LogP contribution in [0.2, 0.25) is 0 Å². The van der Waals surface area contributed by atoms with Crippen molar-refractivity contribution in [1.82, 2.24) is 19.4 Å². The van der Waals surface area contributed by atoms with Gasteiger partial charge in [-0.05, 0) is 19.2 Å². The molecule has 138 valence electrons. The van der Waals surface area contributed by atoms with Gasteiger partial charge < -0.3 is 19.4 Å². The SMILES string of the molecule is CCN(CC)CCNC(=O)c1cn(C)c(=O)c2c1c1ccccc1n2C. The third-order valence-electron chi connectivity index (χ3n) is 5.07. The van der Waals surface area contributed by atoms with Crippen LogP contribution in [-0.4, -0.2) is 46.1 Å². The van der Waals surface area contributed by atoms with Gasteiger partial charge >= 0.3 is 0 Å². The standard InChI is InChI=1S/C20H26N4O2/c1-5-24(6-2)12-11-21-19(25)15-13-22(3)20(26)18-17(15)14-9-7-8-10-16(14)23(18)4/h7-10,13H,5-6,11-12H2,1-4H3,(H,21,25). The Balaban J connectivity index is 2.06. The molecule has 1 amide bonds. The number of para-hydroxylation sites is 1. The third-order valence-corrected chi connectivity index (χ3v) is 5.07. The number of carbonyl (C=O) groups excluding carboxylic acids is 1. The Morgan fingerprint density at radius 3 is 2.54 bits per heavy atom. The molecule has 0 aliphatic rings. The fourth-order valence-electron chi connectivity index (χ4n) is 3.53. The highest BCUT2D eigenvalue weighted by molar-refractivity contribution is 6.17. The molecule has 1 N–H and O–H groups in total. The quantitative estimate of drug-likeness (QED) is 0.737. The van der Waals surface area contributed by atoms with Gasteiger partial charge in [-0.25, -0.2) is 0 Å². The van der Waals surface area contributed by atoms with Gasteiger partial charge in [0.2, 0.25) is 0 Å². The average Bonchev–Trinajstić information content (AvgIpc) is 2.95. The van der Waals surface area contributed by atoms with Crippen molar-refractivity contribution >= 4 is 27.7 Å². The van der Waals surface area contributed by atoms with Crippen LogP contribution in [0.1, 0.15) is 24.2 Å². The molecule has 2 aromatic heterocycles. The van der Waals surface area contributed by atoms with Crippen LogP contribution < -0.4 is 10.9 Å². The Labute approximate surface area is 153 Å². The van der Waals surface area contributed by atoms with Gasteiger partial charge in [0.25, 0.3) is 11.5 Å². The van der Waals surface area contributed by atoms with Gasteiger partial charge in [0, 0.05) is 49.7 Å². The highest BCUT2D eigenvalue weighted by Crippen LogP contribution is 2.28. The normalized spacial score (nSPS) is 11.6. The smallest absolute Gasteiger partial charge is 0.274 e. The largest absolute Gasteiger partial charge is 0.351 e. The van der Waals surface area contributed by atoms with E-state index in [1.807, 2.05) is 35.9 Å². The monoisotopic (exact) mass is 354 g/mol. The first-order chi connectivity index (χ1) is 12.5. The molecular weight excluding hydrogens is 328 g/mol. The van der Waals surface area contributed by atoms with Crippen molar-refractivity contribution in [3.63, 3.8) is 0 Å². The summed E-state index contributed by atoms with van der Waals surface area (Å²) >= 11 is 0. The predicted molar refractivity (Wildman–Crippen MR) is 106 cm³/mol. The first kappa shape index (κ1) is 18.2. The van der Waals surface area contributed by atoms with Crippen molar-refractivity contribution in [3.05, 3.63) is 46.4 Å². The number of aryl methyl sites for hydroxylation is 2. The molecule has 0 saturated heterocycles. The number of nitrogens with one attached hydrogen (secondary N) is 1. The van der Waals surface area contributed by atoms with Gasteiger partial charge in [0.15, 0.2) is 0 Å². The molecule has 0 radical (unpaired) electrons. The maximum atomic E-state index is 12.9. The number of pyridine rings is 1. The lowest BCUT2D eigenvalue weighted by atomic mass is 10.1. The molecule has 0 bridgehead atoms. The van der Waals surface area contributed by atoms with Crippen LogP contribution >= 0.6 is 0 Å². The minimum atomic E-state index is -0.144. The van der Waals surface area contributed by atoms with E-state index in [1.165, 1.54) is 4.57 Å². The van der Waals surface area contributed by atoms with Gasteiger partial charge in [0.05, 0.1) is 5.56 Å². The van der Waals surface area contributed by atoms with E-state index in [0.29, 0.717) is 17.6 Å². The number of amides is 1. The van der Waals surface area contributed by atoms with E-state index in [0.717, 1.165) is 35.9 Å². The lowest BCUT2D eigenvalue weighted by Gasteiger charge is -2.18. The van der Waals surface area contributed by atoms with E-state index in [9.17, 15) is 9.59 Å². The second kappa shape index (κ2) is 7.33. The summed E-state index contributed by atoms with van der Waals surface area (Å²) in [6, 6.07) is 7.80.